The molecule has 4 rings (SSSR count). The van der Waals surface area contributed by atoms with Crippen LogP contribution in [-0.2, 0) is 9.59 Å². The molecule has 0 atom stereocenters. The van der Waals surface area contributed by atoms with Gasteiger partial charge in [-0.2, -0.15) is 0 Å². The van der Waals surface area contributed by atoms with E-state index in [0.717, 1.165) is 27.1 Å². The lowest BCUT2D eigenvalue weighted by Crippen LogP contribution is -2.39. The van der Waals surface area contributed by atoms with Crippen molar-refractivity contribution in [1.29, 1.82) is 0 Å². The predicted octanol–water partition coefficient (Wildman–Crippen LogP) is 2.53. The number of fused-ring (bicyclic) bond motifs is 1. The van der Waals surface area contributed by atoms with Crippen molar-refractivity contribution in [3.8, 4) is 0 Å². The molecule has 0 bridgehead atoms. The van der Waals surface area contributed by atoms with Crippen LogP contribution in [0, 0.1) is 0 Å². The molecule has 0 saturated carbocycles. The predicted molar refractivity (Wildman–Crippen MR) is 119 cm³/mol. The molecule has 8 nitrogen and oxygen atoms in total. The summed E-state index contributed by atoms with van der Waals surface area (Å²) in [6.07, 6.45) is 1.59. The maximum Gasteiger partial charge on any atom is 0.293 e. The van der Waals surface area contributed by atoms with E-state index in [1.54, 1.807) is 30.3 Å². The molecule has 0 radical (unpaired) electrons. The van der Waals surface area contributed by atoms with E-state index in [-0.39, 0.29) is 32.0 Å². The van der Waals surface area contributed by atoms with Crippen LogP contribution in [0.15, 0.2) is 59.5 Å². The van der Waals surface area contributed by atoms with Crippen LogP contribution in [-0.4, -0.2) is 58.3 Å². The number of nitrogens with zero attached hydrogens (tertiary/aromatic N) is 2. The van der Waals surface area contributed by atoms with Gasteiger partial charge in [0, 0.05) is 26.1 Å². The number of hydrogen-bond donors (Lipinski definition) is 1. The van der Waals surface area contributed by atoms with Gasteiger partial charge in [0.2, 0.25) is 5.91 Å². The van der Waals surface area contributed by atoms with Gasteiger partial charge in [-0.15, -0.1) is 0 Å². The van der Waals surface area contributed by atoms with E-state index in [9.17, 15) is 24.0 Å². The summed E-state index contributed by atoms with van der Waals surface area (Å²) in [7, 11) is 0. The maximum atomic E-state index is 12.5. The number of nitrogens with one attached hydrogen (secondary N) is 1. The highest BCUT2D eigenvalue weighted by molar-refractivity contribution is 8.18. The van der Waals surface area contributed by atoms with Gasteiger partial charge >= 0.3 is 0 Å². The quantitative estimate of drug-likeness (QED) is 0.515. The van der Waals surface area contributed by atoms with Gasteiger partial charge in [0.05, 0.1) is 16.0 Å². The van der Waals surface area contributed by atoms with E-state index in [0.29, 0.717) is 16.0 Å². The molecule has 0 aliphatic carbocycles. The third-order valence-corrected chi connectivity index (χ3v) is 5.98. The van der Waals surface area contributed by atoms with Gasteiger partial charge in [-0.3, -0.25) is 33.8 Å². The Labute approximate surface area is 188 Å². The lowest BCUT2D eigenvalue weighted by atomic mass is 10.1. The van der Waals surface area contributed by atoms with Crippen molar-refractivity contribution in [2.75, 3.05) is 19.6 Å². The third kappa shape index (κ3) is 4.33. The molecule has 1 N–H and O–H groups in total. The van der Waals surface area contributed by atoms with Gasteiger partial charge in [-0.05, 0) is 35.5 Å². The molecular weight excluding hydrogens is 430 g/mol. The highest BCUT2D eigenvalue weighted by Gasteiger charge is 2.36. The molecule has 0 aromatic heterocycles. The lowest BCUT2D eigenvalue weighted by molar-refractivity contribution is -0.124. The van der Waals surface area contributed by atoms with Gasteiger partial charge in [-0.1, -0.05) is 42.5 Å². The Morgan fingerprint density at radius 2 is 1.44 bits per heavy atom. The van der Waals surface area contributed by atoms with Gasteiger partial charge in [0.15, 0.2) is 0 Å². The van der Waals surface area contributed by atoms with E-state index in [1.807, 2.05) is 30.3 Å². The zero-order chi connectivity index (χ0) is 22.7. The molecule has 2 aromatic carbocycles. The second-order valence-electron chi connectivity index (χ2n) is 7.15. The van der Waals surface area contributed by atoms with Gasteiger partial charge in [0.25, 0.3) is 23.0 Å². The molecule has 1 fully saturated rings. The first-order valence-electron chi connectivity index (χ1n) is 9.98. The molecule has 9 heteroatoms. The van der Waals surface area contributed by atoms with E-state index >= 15 is 0 Å². The van der Waals surface area contributed by atoms with E-state index in [2.05, 4.69) is 5.32 Å². The maximum absolute atomic E-state index is 12.5. The summed E-state index contributed by atoms with van der Waals surface area (Å²) >= 11 is 0.861. The fourth-order valence-corrected chi connectivity index (χ4v) is 4.31. The van der Waals surface area contributed by atoms with Crippen molar-refractivity contribution < 1.29 is 24.0 Å². The molecule has 2 aromatic rings. The summed E-state index contributed by atoms with van der Waals surface area (Å²) < 4.78 is 0. The minimum atomic E-state index is -0.415. The average molecular weight is 449 g/mol. The van der Waals surface area contributed by atoms with Crippen LogP contribution in [0.4, 0.5) is 4.79 Å². The molecule has 32 heavy (non-hydrogen) atoms. The highest BCUT2D eigenvalue weighted by atomic mass is 32.2. The molecule has 5 amide bonds. The first kappa shape index (κ1) is 21.5. The second-order valence-corrected chi connectivity index (χ2v) is 8.14. The molecule has 2 aliphatic rings. The number of benzene rings is 2. The monoisotopic (exact) mass is 449 g/mol. The Balaban J connectivity index is 1.25. The minimum absolute atomic E-state index is 0.0373. The molecule has 0 spiro atoms. The van der Waals surface area contributed by atoms with Crippen molar-refractivity contribution in [1.82, 2.24) is 15.1 Å². The van der Waals surface area contributed by atoms with E-state index in [4.69, 9.17) is 0 Å². The number of imide groups is 2. The summed E-state index contributed by atoms with van der Waals surface area (Å²) in [6, 6.07) is 15.7. The zero-order valence-corrected chi connectivity index (χ0v) is 17.8. The van der Waals surface area contributed by atoms with Gasteiger partial charge in [-0.25, -0.2) is 0 Å². The van der Waals surface area contributed by atoms with Crippen LogP contribution in [0.3, 0.4) is 0 Å². The minimum Gasteiger partial charge on any atom is -0.354 e. The Kier molecular flexibility index (Phi) is 6.18. The summed E-state index contributed by atoms with van der Waals surface area (Å²) in [4.78, 5) is 64.0. The summed E-state index contributed by atoms with van der Waals surface area (Å²) in [5.74, 6) is -1.61. The fourth-order valence-electron chi connectivity index (χ4n) is 3.44. The van der Waals surface area contributed by atoms with Gasteiger partial charge < -0.3 is 5.32 Å². The third-order valence-electron chi connectivity index (χ3n) is 5.07. The standard InChI is InChI=1S/C23H19N3O5S/c27-19(10-12-25-20(28)16-8-4-5-9-17(16)21(25)29)24-11-13-26-22(30)18(32-23(26)31)14-15-6-2-1-3-7-15/h1-9,14H,10-13H2,(H,24,27). The van der Waals surface area contributed by atoms with Crippen LogP contribution >= 0.6 is 11.8 Å². The molecule has 2 heterocycles. The Morgan fingerprint density at radius 3 is 2.09 bits per heavy atom. The van der Waals surface area contributed by atoms with Crippen molar-refractivity contribution >= 4 is 46.7 Å². The smallest absolute Gasteiger partial charge is 0.293 e. The number of amides is 5. The second kappa shape index (κ2) is 9.19. The fraction of sp³-hybridized carbons (Fsp3) is 0.174. The van der Waals surface area contributed by atoms with Crippen LogP contribution in [0.1, 0.15) is 32.7 Å². The van der Waals surface area contributed by atoms with Crippen LogP contribution < -0.4 is 5.32 Å². The molecule has 2 aliphatic heterocycles. The number of hydrogen-bond acceptors (Lipinski definition) is 6. The van der Waals surface area contributed by atoms with Crippen LogP contribution in [0.2, 0.25) is 0 Å². The van der Waals surface area contributed by atoms with E-state index in [1.165, 1.54) is 0 Å². The Hall–Kier alpha value is -3.72. The number of carbonyl (C=O) groups is 5. The normalized spacial score (nSPS) is 16.8. The number of rotatable bonds is 7. The first-order chi connectivity index (χ1) is 15.5. The Bertz CT molecular complexity index is 1110. The average Bonchev–Trinajstić information content (AvgIpc) is 3.20. The molecule has 162 valence electrons. The van der Waals surface area contributed by atoms with Crippen molar-refractivity contribution in [3.63, 3.8) is 0 Å². The topological polar surface area (TPSA) is 104 Å². The largest absolute Gasteiger partial charge is 0.354 e. The number of carbonyl (C=O) groups excluding carboxylic acids is 5. The zero-order valence-electron chi connectivity index (χ0n) is 16.9. The van der Waals surface area contributed by atoms with Crippen molar-refractivity contribution in [2.24, 2.45) is 0 Å². The first-order valence-corrected chi connectivity index (χ1v) is 10.8. The number of thioether (sulfide) groups is 1. The Morgan fingerprint density at radius 1 is 0.812 bits per heavy atom. The van der Waals surface area contributed by atoms with Crippen LogP contribution in [0.25, 0.3) is 6.08 Å². The van der Waals surface area contributed by atoms with Gasteiger partial charge in [0.1, 0.15) is 0 Å². The summed E-state index contributed by atoms with van der Waals surface area (Å²) in [6.45, 7) is 0.0761. The van der Waals surface area contributed by atoms with Crippen molar-refractivity contribution in [2.45, 2.75) is 6.42 Å². The lowest BCUT2D eigenvalue weighted by Gasteiger charge is -2.15. The van der Waals surface area contributed by atoms with E-state index < -0.39 is 23.0 Å². The molecular formula is C23H19N3O5S. The summed E-state index contributed by atoms with van der Waals surface area (Å²) in [5, 5.41) is 2.24. The van der Waals surface area contributed by atoms with Crippen LogP contribution in [0.5, 0.6) is 0 Å². The summed E-state index contributed by atoms with van der Waals surface area (Å²) in [5.41, 5.74) is 1.49. The SMILES string of the molecule is O=C(CCN1C(=O)c2ccccc2C1=O)NCCN1C(=O)SC(=Cc2ccccc2)C1=O. The highest BCUT2D eigenvalue weighted by Crippen LogP contribution is 2.31. The van der Waals surface area contributed by atoms with Crippen molar-refractivity contribution in [3.05, 3.63) is 76.2 Å². The molecule has 1 saturated heterocycles. The molecule has 0 unspecified atom stereocenters.